The van der Waals surface area contributed by atoms with E-state index >= 15 is 0 Å². The van der Waals surface area contributed by atoms with Gasteiger partial charge in [-0.05, 0) is 30.7 Å². The predicted molar refractivity (Wildman–Crippen MR) is 83.9 cm³/mol. The van der Waals surface area contributed by atoms with Crippen LogP contribution in [0.1, 0.15) is 12.8 Å². The third kappa shape index (κ3) is 3.10. The highest BCUT2D eigenvalue weighted by Gasteiger charge is 2.20. The number of hydrogen-bond acceptors (Lipinski definition) is 6. The largest absolute Gasteiger partial charge is 0.492 e. The van der Waals surface area contributed by atoms with Gasteiger partial charge < -0.3 is 19.7 Å². The normalized spacial score (nSPS) is 18.4. The number of benzene rings is 1. The minimum atomic E-state index is 0.229. The molecule has 3 rings (SSSR count). The highest BCUT2D eigenvalue weighted by Crippen LogP contribution is 2.39. The smallest absolute Gasteiger partial charge is 0.172 e. The average molecular weight is 306 g/mol. The van der Waals surface area contributed by atoms with Crippen molar-refractivity contribution in [2.45, 2.75) is 18.9 Å². The number of thioether (sulfide) groups is 1. The average Bonchev–Trinajstić information content (AvgIpc) is 2.94. The van der Waals surface area contributed by atoms with Crippen molar-refractivity contribution >= 4 is 17.6 Å². The van der Waals surface area contributed by atoms with Gasteiger partial charge in [0.2, 0.25) is 0 Å². The van der Waals surface area contributed by atoms with E-state index in [1.54, 1.807) is 13.2 Å². The van der Waals surface area contributed by atoms with Gasteiger partial charge in [0.1, 0.15) is 6.10 Å². The number of nitrogen functional groups attached to an aromatic ring is 1. The van der Waals surface area contributed by atoms with Crippen LogP contribution < -0.4 is 15.2 Å². The van der Waals surface area contributed by atoms with Gasteiger partial charge in [-0.3, -0.25) is 0 Å². The summed E-state index contributed by atoms with van der Waals surface area (Å²) in [5.74, 6) is 4.55. The first-order chi connectivity index (χ1) is 10.3. The van der Waals surface area contributed by atoms with E-state index in [1.807, 2.05) is 30.0 Å². The SMILES string of the molecule is COc1c(OC2CCCSC2)cccc1-c1cc(N)no1. The van der Waals surface area contributed by atoms with Crippen molar-refractivity contribution in [2.75, 3.05) is 24.3 Å². The van der Waals surface area contributed by atoms with Crippen LogP contribution in [0, 0.1) is 0 Å². The van der Waals surface area contributed by atoms with Gasteiger partial charge in [0, 0.05) is 11.8 Å². The Bertz CT molecular complexity index is 609. The van der Waals surface area contributed by atoms with Crippen LogP contribution in [0.15, 0.2) is 28.8 Å². The first kappa shape index (κ1) is 14.1. The number of anilines is 1. The zero-order valence-corrected chi connectivity index (χ0v) is 12.7. The molecule has 0 amide bonds. The van der Waals surface area contributed by atoms with Gasteiger partial charge in [-0.1, -0.05) is 11.2 Å². The second-order valence-corrected chi connectivity index (χ2v) is 6.06. The van der Waals surface area contributed by atoms with E-state index in [-0.39, 0.29) is 6.10 Å². The molecule has 0 spiro atoms. The number of hydrogen-bond donors (Lipinski definition) is 1. The van der Waals surface area contributed by atoms with Crippen molar-refractivity contribution in [3.63, 3.8) is 0 Å². The molecule has 1 aromatic carbocycles. The minimum absolute atomic E-state index is 0.229. The highest BCUT2D eigenvalue weighted by atomic mass is 32.2. The summed E-state index contributed by atoms with van der Waals surface area (Å²) in [5, 5.41) is 3.72. The van der Waals surface area contributed by atoms with Crippen LogP contribution >= 0.6 is 11.8 Å². The molecule has 0 radical (unpaired) electrons. The monoisotopic (exact) mass is 306 g/mol. The maximum absolute atomic E-state index is 6.11. The third-order valence-electron chi connectivity index (χ3n) is 3.39. The molecule has 1 aromatic heterocycles. The fraction of sp³-hybridized carbons (Fsp3) is 0.400. The number of rotatable bonds is 4. The summed E-state index contributed by atoms with van der Waals surface area (Å²) in [7, 11) is 1.63. The molecule has 2 heterocycles. The molecule has 0 saturated carbocycles. The van der Waals surface area contributed by atoms with Crippen LogP contribution in [-0.2, 0) is 0 Å². The molecule has 0 bridgehead atoms. The van der Waals surface area contributed by atoms with E-state index in [4.69, 9.17) is 19.7 Å². The number of ether oxygens (including phenoxy) is 2. The van der Waals surface area contributed by atoms with Crippen LogP contribution in [0.4, 0.5) is 5.82 Å². The molecule has 1 saturated heterocycles. The third-order valence-corrected chi connectivity index (χ3v) is 4.57. The Kier molecular flexibility index (Phi) is 4.24. The Balaban J connectivity index is 1.90. The molecule has 2 aromatic rings. The molecule has 21 heavy (non-hydrogen) atoms. The van der Waals surface area contributed by atoms with Crippen molar-refractivity contribution in [1.82, 2.24) is 5.16 Å². The molecular formula is C15H18N2O3S. The van der Waals surface area contributed by atoms with Gasteiger partial charge in [-0.2, -0.15) is 11.8 Å². The molecule has 6 heteroatoms. The van der Waals surface area contributed by atoms with E-state index in [0.29, 0.717) is 17.3 Å². The van der Waals surface area contributed by atoms with Crippen molar-refractivity contribution in [1.29, 1.82) is 0 Å². The summed E-state index contributed by atoms with van der Waals surface area (Å²) in [6.07, 6.45) is 2.50. The van der Waals surface area contributed by atoms with Crippen LogP contribution in [0.5, 0.6) is 11.5 Å². The summed E-state index contributed by atoms with van der Waals surface area (Å²) in [5.41, 5.74) is 6.41. The molecule has 112 valence electrons. The highest BCUT2D eigenvalue weighted by molar-refractivity contribution is 7.99. The predicted octanol–water partition coefficient (Wildman–Crippen LogP) is 3.21. The Morgan fingerprint density at radius 1 is 1.43 bits per heavy atom. The molecule has 0 aliphatic carbocycles. The Labute approximate surface area is 127 Å². The lowest BCUT2D eigenvalue weighted by atomic mass is 10.1. The zero-order valence-electron chi connectivity index (χ0n) is 11.9. The zero-order chi connectivity index (χ0) is 14.7. The molecule has 1 aliphatic rings. The Morgan fingerprint density at radius 2 is 2.33 bits per heavy atom. The lowest BCUT2D eigenvalue weighted by molar-refractivity contribution is 0.202. The fourth-order valence-electron chi connectivity index (χ4n) is 2.41. The molecule has 1 atom stereocenters. The summed E-state index contributed by atoms with van der Waals surface area (Å²) in [6.45, 7) is 0. The maximum Gasteiger partial charge on any atom is 0.172 e. The van der Waals surface area contributed by atoms with E-state index in [9.17, 15) is 0 Å². The van der Waals surface area contributed by atoms with E-state index in [1.165, 1.54) is 12.2 Å². The quantitative estimate of drug-likeness (QED) is 0.935. The topological polar surface area (TPSA) is 70.5 Å². The van der Waals surface area contributed by atoms with E-state index in [2.05, 4.69) is 5.16 Å². The second kappa shape index (κ2) is 6.30. The summed E-state index contributed by atoms with van der Waals surface area (Å²) < 4.78 is 16.9. The molecule has 1 fully saturated rings. The number of nitrogens with two attached hydrogens (primary N) is 1. The van der Waals surface area contributed by atoms with Gasteiger partial charge in [0.05, 0.1) is 12.7 Å². The molecular weight excluding hydrogens is 288 g/mol. The first-order valence-electron chi connectivity index (χ1n) is 6.92. The maximum atomic E-state index is 6.11. The van der Waals surface area contributed by atoms with E-state index in [0.717, 1.165) is 23.5 Å². The number of aromatic nitrogens is 1. The molecule has 5 nitrogen and oxygen atoms in total. The Morgan fingerprint density at radius 3 is 3.00 bits per heavy atom. The van der Waals surface area contributed by atoms with Crippen molar-refractivity contribution in [3.05, 3.63) is 24.3 Å². The first-order valence-corrected chi connectivity index (χ1v) is 8.07. The number of para-hydroxylation sites is 1. The molecule has 1 unspecified atom stereocenters. The molecule has 2 N–H and O–H groups in total. The summed E-state index contributed by atoms with van der Waals surface area (Å²) in [6, 6.07) is 7.42. The van der Waals surface area contributed by atoms with Crippen molar-refractivity contribution in [2.24, 2.45) is 0 Å². The summed E-state index contributed by atoms with van der Waals surface area (Å²) >= 11 is 1.93. The van der Waals surface area contributed by atoms with Crippen LogP contribution in [0.25, 0.3) is 11.3 Å². The lowest BCUT2D eigenvalue weighted by Gasteiger charge is -2.24. The number of methoxy groups -OCH3 is 1. The lowest BCUT2D eigenvalue weighted by Crippen LogP contribution is -2.23. The van der Waals surface area contributed by atoms with Crippen LogP contribution in [-0.4, -0.2) is 29.9 Å². The fourth-order valence-corrected chi connectivity index (χ4v) is 3.45. The molecule has 1 aliphatic heterocycles. The van der Waals surface area contributed by atoms with Gasteiger partial charge >= 0.3 is 0 Å². The second-order valence-electron chi connectivity index (χ2n) is 4.91. The minimum Gasteiger partial charge on any atom is -0.492 e. The van der Waals surface area contributed by atoms with Crippen LogP contribution in [0.2, 0.25) is 0 Å². The van der Waals surface area contributed by atoms with Gasteiger partial charge in [-0.15, -0.1) is 0 Å². The Hall–Kier alpha value is -1.82. The van der Waals surface area contributed by atoms with Gasteiger partial charge in [0.15, 0.2) is 23.1 Å². The standard InChI is InChI=1S/C15H18N2O3S/c1-18-15-11(13-8-14(16)17-20-13)5-2-6-12(15)19-10-4-3-7-21-9-10/h2,5-6,8,10H,3-4,7,9H2,1H3,(H2,16,17). The van der Waals surface area contributed by atoms with Gasteiger partial charge in [-0.25, -0.2) is 0 Å². The van der Waals surface area contributed by atoms with Crippen molar-refractivity contribution in [3.8, 4) is 22.8 Å². The van der Waals surface area contributed by atoms with E-state index < -0.39 is 0 Å². The number of nitrogens with zero attached hydrogens (tertiary/aromatic N) is 1. The van der Waals surface area contributed by atoms with Crippen molar-refractivity contribution < 1.29 is 14.0 Å². The summed E-state index contributed by atoms with van der Waals surface area (Å²) in [4.78, 5) is 0. The van der Waals surface area contributed by atoms with Gasteiger partial charge in [0.25, 0.3) is 0 Å². The van der Waals surface area contributed by atoms with Crippen LogP contribution in [0.3, 0.4) is 0 Å².